The molecule has 0 saturated heterocycles. The second-order valence-electron chi connectivity index (χ2n) is 10.4. The lowest BCUT2D eigenvalue weighted by molar-refractivity contribution is -0.124. The van der Waals surface area contributed by atoms with Crippen molar-refractivity contribution in [3.63, 3.8) is 0 Å². The van der Waals surface area contributed by atoms with E-state index >= 15 is 0 Å². The van der Waals surface area contributed by atoms with Crippen LogP contribution < -0.4 is 15.8 Å². The van der Waals surface area contributed by atoms with E-state index in [1.165, 1.54) is 12.1 Å². The van der Waals surface area contributed by atoms with E-state index in [4.69, 9.17) is 15.2 Å². The van der Waals surface area contributed by atoms with Crippen LogP contribution in [0.2, 0.25) is 0 Å². The maximum absolute atomic E-state index is 12.5. The zero-order chi connectivity index (χ0) is 27.9. The number of nitrogens with one attached hydrogen (secondary N) is 1. The molecule has 0 spiro atoms. The van der Waals surface area contributed by atoms with Gasteiger partial charge in [0.15, 0.2) is 17.3 Å². The highest BCUT2D eigenvalue weighted by Gasteiger charge is 2.25. The van der Waals surface area contributed by atoms with Crippen LogP contribution in [0.25, 0.3) is 11.4 Å². The SMILES string of the molecule is Cc1nnc(-c2ccc(OC(C)(C)CCOC(C)(C)CNC(=O)[C@@H](N)Cc3ccc(O)c(O)c3)cc2)nn1. The molecular formula is C27H36N6O5. The highest BCUT2D eigenvalue weighted by Crippen LogP contribution is 2.26. The summed E-state index contributed by atoms with van der Waals surface area (Å²) in [5.41, 5.74) is 6.34. The Kier molecular flexibility index (Phi) is 9.18. The number of carbonyl (C=O) groups is 1. The zero-order valence-electron chi connectivity index (χ0n) is 22.4. The Morgan fingerprint density at radius 1 is 0.974 bits per heavy atom. The fourth-order valence-corrected chi connectivity index (χ4v) is 3.53. The van der Waals surface area contributed by atoms with E-state index in [1.54, 1.807) is 13.0 Å². The lowest BCUT2D eigenvalue weighted by atomic mass is 10.0. The smallest absolute Gasteiger partial charge is 0.237 e. The number of hydrogen-bond acceptors (Lipinski definition) is 10. The van der Waals surface area contributed by atoms with E-state index in [9.17, 15) is 15.0 Å². The van der Waals surface area contributed by atoms with Gasteiger partial charge in [0, 0.05) is 18.5 Å². The molecule has 1 atom stereocenters. The van der Waals surface area contributed by atoms with Crippen LogP contribution in [0, 0.1) is 6.92 Å². The third kappa shape index (κ3) is 8.63. The predicted molar refractivity (Wildman–Crippen MR) is 142 cm³/mol. The van der Waals surface area contributed by atoms with Gasteiger partial charge < -0.3 is 30.7 Å². The molecule has 0 aliphatic carbocycles. The third-order valence-corrected chi connectivity index (χ3v) is 5.80. The normalized spacial score (nSPS) is 12.7. The number of nitrogens with two attached hydrogens (primary N) is 1. The Hall–Kier alpha value is -3.83. The summed E-state index contributed by atoms with van der Waals surface area (Å²) in [7, 11) is 0. The molecule has 5 N–H and O–H groups in total. The van der Waals surface area contributed by atoms with E-state index in [0.717, 1.165) is 5.56 Å². The van der Waals surface area contributed by atoms with Crippen LogP contribution in [0.15, 0.2) is 42.5 Å². The summed E-state index contributed by atoms with van der Waals surface area (Å²) in [4.78, 5) is 12.5. The molecule has 204 valence electrons. The van der Waals surface area contributed by atoms with Gasteiger partial charge in [-0.15, -0.1) is 20.4 Å². The molecule has 11 heteroatoms. The third-order valence-electron chi connectivity index (χ3n) is 5.80. The van der Waals surface area contributed by atoms with E-state index in [0.29, 0.717) is 36.0 Å². The first-order chi connectivity index (χ1) is 17.8. The minimum absolute atomic E-state index is 0.221. The van der Waals surface area contributed by atoms with Gasteiger partial charge in [-0.1, -0.05) is 6.07 Å². The van der Waals surface area contributed by atoms with Gasteiger partial charge >= 0.3 is 0 Å². The van der Waals surface area contributed by atoms with Crippen molar-refractivity contribution in [2.24, 2.45) is 5.73 Å². The van der Waals surface area contributed by atoms with E-state index < -0.39 is 17.2 Å². The van der Waals surface area contributed by atoms with E-state index in [2.05, 4.69) is 25.7 Å². The van der Waals surface area contributed by atoms with Gasteiger partial charge in [-0.05, 0) is 83.0 Å². The molecule has 0 unspecified atom stereocenters. The van der Waals surface area contributed by atoms with Crippen LogP contribution in [0.5, 0.6) is 17.2 Å². The number of phenolic OH excluding ortho intramolecular Hbond substituents is 2. The molecule has 0 bridgehead atoms. The van der Waals surface area contributed by atoms with Crippen molar-refractivity contribution >= 4 is 5.91 Å². The van der Waals surface area contributed by atoms with Crippen molar-refractivity contribution in [2.75, 3.05) is 13.2 Å². The highest BCUT2D eigenvalue weighted by molar-refractivity contribution is 5.81. The molecule has 38 heavy (non-hydrogen) atoms. The molecule has 0 aliphatic rings. The van der Waals surface area contributed by atoms with Crippen molar-refractivity contribution in [2.45, 2.75) is 64.7 Å². The Morgan fingerprint density at radius 3 is 2.26 bits per heavy atom. The summed E-state index contributed by atoms with van der Waals surface area (Å²) in [6.07, 6.45) is 0.837. The maximum atomic E-state index is 12.5. The standard InChI is InChI=1S/C27H36N6O5/c1-17-30-32-24(33-31-17)19-7-9-20(10-8-19)38-26(2,3)12-13-37-27(4,5)16-29-25(36)21(28)14-18-6-11-22(34)23(35)15-18/h6-11,15,21,34-35H,12-14,16,28H2,1-5H3,(H,29,36)/t21-/m0/s1. The number of rotatable bonds is 12. The molecule has 0 saturated carbocycles. The first-order valence-corrected chi connectivity index (χ1v) is 12.4. The molecule has 1 heterocycles. The summed E-state index contributed by atoms with van der Waals surface area (Å²) in [5, 5.41) is 37.8. The van der Waals surface area contributed by atoms with Gasteiger partial charge in [-0.3, -0.25) is 4.79 Å². The molecule has 3 rings (SSSR count). The summed E-state index contributed by atoms with van der Waals surface area (Å²) >= 11 is 0. The quantitative estimate of drug-likeness (QED) is 0.259. The number of aryl methyl sites for hydroxylation is 1. The van der Waals surface area contributed by atoms with Crippen LogP contribution in [-0.4, -0.2) is 66.9 Å². The zero-order valence-corrected chi connectivity index (χ0v) is 22.4. The fraction of sp³-hybridized carbons (Fsp3) is 0.444. The Morgan fingerprint density at radius 2 is 1.63 bits per heavy atom. The number of hydrogen-bond donors (Lipinski definition) is 4. The van der Waals surface area contributed by atoms with Crippen LogP contribution >= 0.6 is 0 Å². The number of carbonyl (C=O) groups excluding carboxylic acids is 1. The maximum Gasteiger partial charge on any atom is 0.237 e. The first-order valence-electron chi connectivity index (χ1n) is 12.4. The van der Waals surface area contributed by atoms with Crippen LogP contribution in [0.1, 0.15) is 45.5 Å². The van der Waals surface area contributed by atoms with Crippen molar-refractivity contribution in [1.29, 1.82) is 0 Å². The van der Waals surface area contributed by atoms with Crippen LogP contribution in [0.4, 0.5) is 0 Å². The lowest BCUT2D eigenvalue weighted by Gasteiger charge is -2.30. The number of nitrogens with zero attached hydrogens (tertiary/aromatic N) is 4. The van der Waals surface area contributed by atoms with Gasteiger partial charge in [0.05, 0.1) is 18.2 Å². The highest BCUT2D eigenvalue weighted by atomic mass is 16.5. The predicted octanol–water partition coefficient (Wildman–Crippen LogP) is 2.68. The number of ether oxygens (including phenoxy) is 2. The first kappa shape index (κ1) is 28.7. The Labute approximate surface area is 222 Å². The Balaban J connectivity index is 1.42. The van der Waals surface area contributed by atoms with Gasteiger partial charge in [-0.2, -0.15) is 0 Å². The van der Waals surface area contributed by atoms with Crippen molar-refractivity contribution in [1.82, 2.24) is 25.7 Å². The largest absolute Gasteiger partial charge is 0.504 e. The Bertz CT molecular complexity index is 1220. The summed E-state index contributed by atoms with van der Waals surface area (Å²) < 4.78 is 12.2. The molecule has 1 amide bonds. The van der Waals surface area contributed by atoms with Gasteiger partial charge in [-0.25, -0.2) is 0 Å². The van der Waals surface area contributed by atoms with Gasteiger partial charge in [0.1, 0.15) is 11.4 Å². The topological polar surface area (TPSA) is 166 Å². The molecular weight excluding hydrogens is 488 g/mol. The van der Waals surface area contributed by atoms with Crippen molar-refractivity contribution < 1.29 is 24.5 Å². The molecule has 3 aromatic rings. The number of phenols is 2. The molecule has 0 aliphatic heterocycles. The number of benzene rings is 2. The minimum atomic E-state index is -0.807. The molecule has 2 aromatic carbocycles. The van der Waals surface area contributed by atoms with Crippen LogP contribution in [0.3, 0.4) is 0 Å². The average molecular weight is 525 g/mol. The molecule has 0 fully saturated rings. The second kappa shape index (κ2) is 12.1. The second-order valence-corrected chi connectivity index (χ2v) is 10.4. The van der Waals surface area contributed by atoms with Crippen molar-refractivity contribution in [3.8, 4) is 28.6 Å². The fourth-order valence-electron chi connectivity index (χ4n) is 3.53. The lowest BCUT2D eigenvalue weighted by Crippen LogP contribution is -2.48. The summed E-state index contributed by atoms with van der Waals surface area (Å²) in [6.45, 7) is 10.2. The minimum Gasteiger partial charge on any atom is -0.504 e. The van der Waals surface area contributed by atoms with E-state index in [1.807, 2.05) is 52.0 Å². The number of amides is 1. The molecule has 0 radical (unpaired) electrons. The molecule has 11 nitrogen and oxygen atoms in total. The molecule has 1 aromatic heterocycles. The summed E-state index contributed by atoms with van der Waals surface area (Å²) in [6, 6.07) is 11.0. The summed E-state index contributed by atoms with van der Waals surface area (Å²) in [5.74, 6) is 0.865. The van der Waals surface area contributed by atoms with E-state index in [-0.39, 0.29) is 30.4 Å². The van der Waals surface area contributed by atoms with Gasteiger partial charge in [0.25, 0.3) is 0 Å². The number of aromatic hydroxyl groups is 2. The number of aromatic nitrogens is 4. The monoisotopic (exact) mass is 524 g/mol. The average Bonchev–Trinajstić information content (AvgIpc) is 2.85. The van der Waals surface area contributed by atoms with Crippen LogP contribution in [-0.2, 0) is 16.0 Å². The van der Waals surface area contributed by atoms with Gasteiger partial charge in [0.2, 0.25) is 11.7 Å². The van der Waals surface area contributed by atoms with Crippen molar-refractivity contribution in [3.05, 3.63) is 53.9 Å².